The first-order chi connectivity index (χ1) is 15.7. The van der Waals surface area contributed by atoms with E-state index in [1.54, 1.807) is 43.8 Å². The molecule has 0 spiro atoms. The quantitative estimate of drug-likeness (QED) is 0.330. The molecule has 0 aliphatic carbocycles. The van der Waals surface area contributed by atoms with Crippen LogP contribution in [-0.2, 0) is 11.2 Å². The number of aromatic nitrogens is 3. The van der Waals surface area contributed by atoms with Gasteiger partial charge in [-0.25, -0.2) is 4.98 Å². The number of methoxy groups -OCH3 is 1. The molecule has 2 heterocycles. The van der Waals surface area contributed by atoms with Crippen molar-refractivity contribution >= 4 is 28.6 Å². The molecule has 4 aromatic rings. The number of thioether (sulfide) groups is 1. The zero-order valence-electron chi connectivity index (χ0n) is 17.5. The molecule has 0 aliphatic rings. The largest absolute Gasteiger partial charge is 0.497 e. The molecule has 0 fully saturated rings. The number of benzene rings is 2. The fraction of sp³-hybridized carbons (Fsp3) is 0.167. The van der Waals surface area contributed by atoms with Crippen LogP contribution in [0.3, 0.4) is 0 Å². The van der Waals surface area contributed by atoms with Gasteiger partial charge in [-0.1, -0.05) is 36.0 Å². The summed E-state index contributed by atoms with van der Waals surface area (Å²) in [6, 6.07) is 18.5. The van der Waals surface area contributed by atoms with Crippen LogP contribution in [-0.4, -0.2) is 39.8 Å². The van der Waals surface area contributed by atoms with E-state index in [0.717, 1.165) is 17.7 Å². The van der Waals surface area contributed by atoms with E-state index in [0.29, 0.717) is 28.3 Å². The molecule has 0 saturated heterocycles. The van der Waals surface area contributed by atoms with Crippen LogP contribution in [0.4, 0.5) is 0 Å². The Bertz CT molecular complexity index is 1270. The first-order valence-corrected chi connectivity index (χ1v) is 11.1. The number of pyridine rings is 1. The number of para-hydroxylation sites is 1. The first kappa shape index (κ1) is 21.6. The lowest BCUT2D eigenvalue weighted by Gasteiger charge is -2.13. The summed E-state index contributed by atoms with van der Waals surface area (Å²) in [6.07, 6.45) is 3.97. The molecular weight excluding hydrogens is 424 g/mol. The molecule has 0 aliphatic heterocycles. The number of nitrogens with one attached hydrogen (secondary N) is 1. The number of rotatable bonds is 8. The molecule has 1 amide bonds. The SMILES string of the molecule is COc1ccc(CCNC(=O)CSc2nc3ccccc3c(=O)n2-c2cccnc2)cc1. The van der Waals surface area contributed by atoms with Gasteiger partial charge in [0.2, 0.25) is 5.91 Å². The third-order valence-corrected chi connectivity index (χ3v) is 5.81. The van der Waals surface area contributed by atoms with Crippen LogP contribution >= 0.6 is 11.8 Å². The highest BCUT2D eigenvalue weighted by atomic mass is 32.2. The molecule has 7 nitrogen and oxygen atoms in total. The fourth-order valence-corrected chi connectivity index (χ4v) is 4.09. The topological polar surface area (TPSA) is 86.1 Å². The highest BCUT2D eigenvalue weighted by Crippen LogP contribution is 2.20. The summed E-state index contributed by atoms with van der Waals surface area (Å²) in [5.41, 5.74) is 2.13. The molecule has 2 aromatic carbocycles. The Labute approximate surface area is 189 Å². The molecular formula is C24H22N4O3S. The van der Waals surface area contributed by atoms with Crippen LogP contribution in [0.5, 0.6) is 5.75 Å². The molecule has 0 atom stereocenters. The Morgan fingerprint density at radius 1 is 1.09 bits per heavy atom. The number of carbonyl (C=O) groups excluding carboxylic acids is 1. The number of hydrogen-bond donors (Lipinski definition) is 1. The molecule has 0 unspecified atom stereocenters. The molecule has 4 rings (SSSR count). The second-order valence-corrected chi connectivity index (χ2v) is 7.94. The number of nitrogens with zero attached hydrogens (tertiary/aromatic N) is 3. The molecule has 162 valence electrons. The van der Waals surface area contributed by atoms with Crippen molar-refractivity contribution in [3.63, 3.8) is 0 Å². The average molecular weight is 447 g/mol. The standard InChI is InChI=1S/C24H22N4O3S/c1-31-19-10-8-17(9-11-19)12-14-26-22(29)16-32-24-27-21-7-3-2-6-20(21)23(30)28(24)18-5-4-13-25-15-18/h2-11,13,15H,12,14,16H2,1H3,(H,26,29). The van der Waals surface area contributed by atoms with Gasteiger partial charge in [0.25, 0.3) is 5.56 Å². The minimum Gasteiger partial charge on any atom is -0.497 e. The van der Waals surface area contributed by atoms with E-state index in [1.807, 2.05) is 36.4 Å². The summed E-state index contributed by atoms with van der Waals surface area (Å²) < 4.78 is 6.66. The Kier molecular flexibility index (Phi) is 6.81. The van der Waals surface area contributed by atoms with E-state index < -0.39 is 0 Å². The van der Waals surface area contributed by atoms with E-state index in [4.69, 9.17) is 4.74 Å². The highest BCUT2D eigenvalue weighted by Gasteiger charge is 2.14. The van der Waals surface area contributed by atoms with Gasteiger partial charge in [0, 0.05) is 12.7 Å². The van der Waals surface area contributed by atoms with Crippen molar-refractivity contribution in [3.05, 3.63) is 89.0 Å². The first-order valence-electron chi connectivity index (χ1n) is 10.1. The third kappa shape index (κ3) is 4.97. The lowest BCUT2D eigenvalue weighted by molar-refractivity contribution is -0.118. The van der Waals surface area contributed by atoms with Crippen LogP contribution in [0.25, 0.3) is 16.6 Å². The van der Waals surface area contributed by atoms with Gasteiger partial charge >= 0.3 is 0 Å². The average Bonchev–Trinajstić information content (AvgIpc) is 2.84. The van der Waals surface area contributed by atoms with Crippen LogP contribution in [0, 0.1) is 0 Å². The molecule has 2 aromatic heterocycles. The molecule has 32 heavy (non-hydrogen) atoms. The minimum absolute atomic E-state index is 0.122. The number of ether oxygens (including phenoxy) is 1. The van der Waals surface area contributed by atoms with E-state index in [2.05, 4.69) is 15.3 Å². The van der Waals surface area contributed by atoms with Gasteiger partial charge in [-0.2, -0.15) is 0 Å². The number of fused-ring (bicyclic) bond motifs is 1. The number of amides is 1. The van der Waals surface area contributed by atoms with Gasteiger partial charge in [-0.15, -0.1) is 0 Å². The van der Waals surface area contributed by atoms with Crippen molar-refractivity contribution in [1.29, 1.82) is 0 Å². The Morgan fingerprint density at radius 2 is 1.91 bits per heavy atom. The van der Waals surface area contributed by atoms with Crippen molar-refractivity contribution in [1.82, 2.24) is 19.9 Å². The van der Waals surface area contributed by atoms with E-state index in [-0.39, 0.29) is 17.2 Å². The van der Waals surface area contributed by atoms with E-state index in [9.17, 15) is 9.59 Å². The smallest absolute Gasteiger partial charge is 0.266 e. The summed E-state index contributed by atoms with van der Waals surface area (Å²) in [5, 5.41) is 3.89. The Morgan fingerprint density at radius 3 is 2.66 bits per heavy atom. The molecule has 1 N–H and O–H groups in total. The third-order valence-electron chi connectivity index (χ3n) is 4.88. The van der Waals surface area contributed by atoms with Gasteiger partial charge in [0.15, 0.2) is 5.16 Å². The molecule has 0 bridgehead atoms. The van der Waals surface area contributed by atoms with Crippen molar-refractivity contribution in [2.75, 3.05) is 19.4 Å². The second-order valence-electron chi connectivity index (χ2n) is 7.00. The predicted molar refractivity (Wildman–Crippen MR) is 126 cm³/mol. The van der Waals surface area contributed by atoms with Crippen LogP contribution in [0.2, 0.25) is 0 Å². The summed E-state index contributed by atoms with van der Waals surface area (Å²) in [7, 11) is 1.63. The van der Waals surface area contributed by atoms with E-state index in [1.165, 1.54) is 16.3 Å². The summed E-state index contributed by atoms with van der Waals surface area (Å²) in [6.45, 7) is 0.520. The molecule has 8 heteroatoms. The van der Waals surface area contributed by atoms with Crippen LogP contribution in [0.1, 0.15) is 5.56 Å². The lowest BCUT2D eigenvalue weighted by Crippen LogP contribution is -2.28. The van der Waals surface area contributed by atoms with E-state index >= 15 is 0 Å². The van der Waals surface area contributed by atoms with Gasteiger partial charge < -0.3 is 10.1 Å². The molecule has 0 radical (unpaired) electrons. The van der Waals surface area contributed by atoms with Gasteiger partial charge in [0.05, 0.1) is 35.6 Å². The number of carbonyl (C=O) groups is 1. The van der Waals surface area contributed by atoms with Crippen molar-refractivity contribution in [2.45, 2.75) is 11.6 Å². The maximum atomic E-state index is 13.1. The van der Waals surface area contributed by atoms with Gasteiger partial charge in [-0.3, -0.25) is 19.1 Å². The monoisotopic (exact) mass is 446 g/mol. The van der Waals surface area contributed by atoms with Crippen LogP contribution in [0.15, 0.2) is 83.0 Å². The van der Waals surface area contributed by atoms with Gasteiger partial charge in [-0.05, 0) is 48.4 Å². The maximum Gasteiger partial charge on any atom is 0.266 e. The van der Waals surface area contributed by atoms with Crippen LogP contribution < -0.4 is 15.6 Å². The highest BCUT2D eigenvalue weighted by molar-refractivity contribution is 7.99. The summed E-state index contributed by atoms with van der Waals surface area (Å²) in [4.78, 5) is 34.3. The number of hydrogen-bond acceptors (Lipinski definition) is 6. The minimum atomic E-state index is -0.189. The normalized spacial score (nSPS) is 10.8. The Balaban J connectivity index is 1.46. The summed E-state index contributed by atoms with van der Waals surface area (Å²) >= 11 is 1.23. The molecule has 0 saturated carbocycles. The zero-order chi connectivity index (χ0) is 22.3. The van der Waals surface area contributed by atoms with Crippen molar-refractivity contribution in [2.24, 2.45) is 0 Å². The van der Waals surface area contributed by atoms with Crippen molar-refractivity contribution in [3.8, 4) is 11.4 Å². The summed E-state index contributed by atoms with van der Waals surface area (Å²) in [5.74, 6) is 0.827. The second kappa shape index (κ2) is 10.1. The van der Waals surface area contributed by atoms with Gasteiger partial charge in [0.1, 0.15) is 5.75 Å². The predicted octanol–water partition coefficient (Wildman–Crippen LogP) is 3.24. The Hall–Kier alpha value is -3.65. The lowest BCUT2D eigenvalue weighted by atomic mass is 10.1. The van der Waals surface area contributed by atoms with Crippen molar-refractivity contribution < 1.29 is 9.53 Å². The fourth-order valence-electron chi connectivity index (χ4n) is 3.24. The zero-order valence-corrected chi connectivity index (χ0v) is 18.3. The maximum absolute atomic E-state index is 13.1.